The summed E-state index contributed by atoms with van der Waals surface area (Å²) in [6.45, 7) is 8.33. The van der Waals surface area contributed by atoms with Gasteiger partial charge in [-0.3, -0.25) is 14.4 Å². The number of carbonyl (C=O) groups excluding carboxylic acids is 1. The van der Waals surface area contributed by atoms with Crippen LogP contribution in [-0.2, 0) is 27.8 Å². The predicted molar refractivity (Wildman–Crippen MR) is 142 cm³/mol. The van der Waals surface area contributed by atoms with Crippen LogP contribution in [0.25, 0.3) is 0 Å². The van der Waals surface area contributed by atoms with Gasteiger partial charge in [-0.2, -0.15) is 0 Å². The van der Waals surface area contributed by atoms with Crippen molar-refractivity contribution in [3.63, 3.8) is 0 Å². The number of hydrogen-bond acceptors (Lipinski definition) is 5. The minimum atomic E-state index is -3.99. The zero-order valence-electron chi connectivity index (χ0n) is 20.4. The van der Waals surface area contributed by atoms with Crippen LogP contribution in [0.4, 0.5) is 5.69 Å². The molecule has 7 nitrogen and oxygen atoms in total. The van der Waals surface area contributed by atoms with Gasteiger partial charge in [0.05, 0.1) is 23.9 Å². The fourth-order valence-electron chi connectivity index (χ4n) is 4.04. The molecule has 0 bridgehead atoms. The van der Waals surface area contributed by atoms with E-state index < -0.39 is 10.0 Å². The first kappa shape index (κ1) is 26.2. The zero-order chi connectivity index (χ0) is 25.7. The lowest BCUT2D eigenvalue weighted by atomic mass is 10.1. The zero-order valence-corrected chi connectivity index (χ0v) is 22.0. The Bertz CT molecular complexity index is 1340. The summed E-state index contributed by atoms with van der Waals surface area (Å²) in [6.07, 6.45) is 0. The van der Waals surface area contributed by atoms with Crippen molar-refractivity contribution in [3.8, 4) is 0 Å². The minimum Gasteiger partial charge on any atom is -0.379 e. The van der Waals surface area contributed by atoms with Gasteiger partial charge in [-0.15, -0.1) is 0 Å². The highest BCUT2D eigenvalue weighted by Crippen LogP contribution is 2.27. The third-order valence-electron chi connectivity index (χ3n) is 6.10. The number of nitrogens with one attached hydrogen (secondary N) is 2. The number of hydrogen-bond donors (Lipinski definition) is 2. The SMILES string of the molecule is Cc1ccc(NS(=O)(=O)c2cc(C(=O)NCc3ccc(CN4CCOCC4)cc3)ccc2Cl)c(C)c1. The predicted octanol–water partition coefficient (Wildman–Crippen LogP) is 4.52. The molecule has 0 aromatic heterocycles. The van der Waals surface area contributed by atoms with Crippen LogP contribution in [0.1, 0.15) is 32.6 Å². The van der Waals surface area contributed by atoms with E-state index >= 15 is 0 Å². The van der Waals surface area contributed by atoms with Crippen molar-refractivity contribution in [1.29, 1.82) is 0 Å². The summed E-state index contributed by atoms with van der Waals surface area (Å²) < 4.78 is 34.1. The Kier molecular flexibility index (Phi) is 8.31. The number of morpholine rings is 1. The number of sulfonamides is 1. The Hall–Kier alpha value is -2.91. The van der Waals surface area contributed by atoms with Crippen LogP contribution < -0.4 is 10.0 Å². The van der Waals surface area contributed by atoms with Gasteiger partial charge in [0, 0.05) is 31.7 Å². The number of carbonyl (C=O) groups is 1. The number of nitrogens with zero attached hydrogens (tertiary/aromatic N) is 1. The molecule has 1 heterocycles. The molecule has 1 aliphatic heterocycles. The molecule has 36 heavy (non-hydrogen) atoms. The van der Waals surface area contributed by atoms with Gasteiger partial charge >= 0.3 is 0 Å². The summed E-state index contributed by atoms with van der Waals surface area (Å²) in [6, 6.07) is 17.7. The maximum absolute atomic E-state index is 13.1. The Balaban J connectivity index is 1.40. The Morgan fingerprint density at radius 2 is 1.67 bits per heavy atom. The maximum atomic E-state index is 13.1. The molecular weight excluding hydrogens is 498 g/mol. The molecule has 1 aliphatic rings. The van der Waals surface area contributed by atoms with Crippen molar-refractivity contribution in [2.75, 3.05) is 31.0 Å². The fourth-order valence-corrected chi connectivity index (χ4v) is 5.70. The highest BCUT2D eigenvalue weighted by atomic mass is 35.5. The van der Waals surface area contributed by atoms with Gasteiger partial charge in [-0.1, -0.05) is 53.6 Å². The third kappa shape index (κ3) is 6.64. The lowest BCUT2D eigenvalue weighted by Crippen LogP contribution is -2.35. The quantitative estimate of drug-likeness (QED) is 0.450. The lowest BCUT2D eigenvalue weighted by molar-refractivity contribution is 0.0342. The van der Waals surface area contributed by atoms with E-state index in [1.165, 1.54) is 23.8 Å². The molecule has 0 atom stereocenters. The highest BCUT2D eigenvalue weighted by molar-refractivity contribution is 7.92. The van der Waals surface area contributed by atoms with Crippen molar-refractivity contribution >= 4 is 33.2 Å². The number of amides is 1. The van der Waals surface area contributed by atoms with E-state index in [0.717, 1.165) is 49.5 Å². The van der Waals surface area contributed by atoms with Gasteiger partial charge in [-0.05, 0) is 54.8 Å². The van der Waals surface area contributed by atoms with E-state index in [4.69, 9.17) is 16.3 Å². The molecule has 1 saturated heterocycles. The largest absolute Gasteiger partial charge is 0.379 e. The number of rotatable bonds is 8. The molecule has 0 unspecified atom stereocenters. The van der Waals surface area contributed by atoms with Crippen molar-refractivity contribution in [3.05, 3.63) is 93.5 Å². The molecule has 190 valence electrons. The molecule has 3 aromatic rings. The monoisotopic (exact) mass is 527 g/mol. The minimum absolute atomic E-state index is 0.0414. The Morgan fingerprint density at radius 3 is 2.36 bits per heavy atom. The summed E-state index contributed by atoms with van der Waals surface area (Å²) in [5.74, 6) is -0.382. The van der Waals surface area contributed by atoms with Gasteiger partial charge in [0.25, 0.3) is 15.9 Å². The first-order chi connectivity index (χ1) is 17.2. The van der Waals surface area contributed by atoms with E-state index in [1.807, 2.05) is 38.1 Å². The molecule has 0 radical (unpaired) electrons. The number of halogens is 1. The van der Waals surface area contributed by atoms with Crippen molar-refractivity contribution in [1.82, 2.24) is 10.2 Å². The van der Waals surface area contributed by atoms with E-state index in [0.29, 0.717) is 12.2 Å². The number of benzene rings is 3. The second-order valence-corrected chi connectivity index (χ2v) is 11.0. The van der Waals surface area contributed by atoms with Gasteiger partial charge < -0.3 is 10.1 Å². The van der Waals surface area contributed by atoms with Gasteiger partial charge in [0.15, 0.2) is 0 Å². The number of anilines is 1. The maximum Gasteiger partial charge on any atom is 0.263 e. The summed E-state index contributed by atoms with van der Waals surface area (Å²) in [4.78, 5) is 15.0. The second-order valence-electron chi connectivity index (χ2n) is 8.96. The van der Waals surface area contributed by atoms with Crippen LogP contribution in [0.2, 0.25) is 5.02 Å². The van der Waals surface area contributed by atoms with Crippen molar-refractivity contribution in [2.24, 2.45) is 0 Å². The fraction of sp³-hybridized carbons (Fsp3) is 0.296. The van der Waals surface area contributed by atoms with E-state index in [2.05, 4.69) is 27.1 Å². The lowest BCUT2D eigenvalue weighted by Gasteiger charge is -2.26. The van der Waals surface area contributed by atoms with Gasteiger partial charge in [0.1, 0.15) is 4.90 Å². The number of aryl methyl sites for hydroxylation is 2. The smallest absolute Gasteiger partial charge is 0.263 e. The molecule has 0 saturated carbocycles. The molecule has 1 fully saturated rings. The highest BCUT2D eigenvalue weighted by Gasteiger charge is 2.21. The van der Waals surface area contributed by atoms with Crippen LogP contribution >= 0.6 is 11.6 Å². The van der Waals surface area contributed by atoms with E-state index in [1.54, 1.807) is 6.07 Å². The summed E-state index contributed by atoms with van der Waals surface area (Å²) >= 11 is 6.21. The molecule has 9 heteroatoms. The van der Waals surface area contributed by atoms with Crippen LogP contribution in [0.5, 0.6) is 0 Å². The van der Waals surface area contributed by atoms with Crippen LogP contribution in [0.3, 0.4) is 0 Å². The summed E-state index contributed by atoms with van der Waals surface area (Å²) in [5.41, 5.74) is 4.65. The van der Waals surface area contributed by atoms with Gasteiger partial charge in [-0.25, -0.2) is 8.42 Å². The Labute approximate surface area is 217 Å². The molecule has 1 amide bonds. The average molecular weight is 528 g/mol. The summed E-state index contributed by atoms with van der Waals surface area (Å²) in [7, 11) is -3.99. The summed E-state index contributed by atoms with van der Waals surface area (Å²) in [5, 5.41) is 2.90. The second kappa shape index (κ2) is 11.4. The van der Waals surface area contributed by atoms with E-state index in [-0.39, 0.29) is 21.4 Å². The van der Waals surface area contributed by atoms with Crippen LogP contribution in [0.15, 0.2) is 65.6 Å². The molecule has 0 aliphatic carbocycles. The average Bonchev–Trinajstić information content (AvgIpc) is 2.86. The van der Waals surface area contributed by atoms with Crippen molar-refractivity contribution in [2.45, 2.75) is 31.8 Å². The number of ether oxygens (including phenoxy) is 1. The first-order valence-electron chi connectivity index (χ1n) is 11.8. The molecule has 0 spiro atoms. The van der Waals surface area contributed by atoms with E-state index in [9.17, 15) is 13.2 Å². The standard InChI is InChI=1S/C27H30ClN3O4S/c1-19-3-10-25(20(2)15-19)30-36(33,34)26-16-23(8-9-24(26)28)27(32)29-17-21-4-6-22(7-5-21)18-31-11-13-35-14-12-31/h3-10,15-16,30H,11-14,17-18H2,1-2H3,(H,29,32). The molecule has 2 N–H and O–H groups in total. The molecular formula is C27H30ClN3O4S. The van der Waals surface area contributed by atoms with Gasteiger partial charge in [0.2, 0.25) is 0 Å². The molecule has 3 aromatic carbocycles. The van der Waals surface area contributed by atoms with Crippen LogP contribution in [0, 0.1) is 13.8 Å². The Morgan fingerprint density at radius 1 is 0.972 bits per heavy atom. The first-order valence-corrected chi connectivity index (χ1v) is 13.6. The normalized spacial score (nSPS) is 14.4. The molecule has 4 rings (SSSR count). The van der Waals surface area contributed by atoms with Crippen LogP contribution in [-0.4, -0.2) is 45.5 Å². The topological polar surface area (TPSA) is 87.7 Å². The third-order valence-corrected chi connectivity index (χ3v) is 7.94. The van der Waals surface area contributed by atoms with Crippen molar-refractivity contribution < 1.29 is 17.9 Å².